The summed E-state index contributed by atoms with van der Waals surface area (Å²) in [5.41, 5.74) is 2.68. The molecule has 0 bridgehead atoms. The number of pyridine rings is 1. The van der Waals surface area contributed by atoms with E-state index in [4.69, 9.17) is 0 Å². The van der Waals surface area contributed by atoms with Gasteiger partial charge in [-0.25, -0.2) is 4.98 Å². The second kappa shape index (κ2) is 3.95. The molecule has 1 saturated carbocycles. The zero-order chi connectivity index (χ0) is 12.9. The van der Waals surface area contributed by atoms with Crippen molar-refractivity contribution in [1.29, 1.82) is 0 Å². The van der Waals surface area contributed by atoms with Crippen molar-refractivity contribution in [1.82, 2.24) is 4.98 Å². The second-order valence-corrected chi connectivity index (χ2v) is 6.90. The molecule has 1 aromatic rings. The number of hydrogen-bond acceptors (Lipinski definition) is 2. The largest absolute Gasteiger partial charge is 0.323 e. The van der Waals surface area contributed by atoms with Gasteiger partial charge in [0, 0.05) is 28.0 Å². The Morgan fingerprint density at radius 1 is 1.39 bits per heavy atom. The Hall–Kier alpha value is -1.09. The van der Waals surface area contributed by atoms with Crippen LogP contribution in [0.4, 0.5) is 5.82 Å². The smallest absolute Gasteiger partial charge is 0.140 e. The number of allylic oxidation sites excluding steroid dienone is 1. The predicted molar refractivity (Wildman–Crippen MR) is 79.4 cm³/mol. The van der Waals surface area contributed by atoms with Crippen LogP contribution < -0.4 is 4.90 Å². The lowest BCUT2D eigenvalue weighted by atomic mass is 9.67. The molecule has 1 aliphatic heterocycles. The van der Waals surface area contributed by atoms with E-state index in [1.807, 2.05) is 6.20 Å². The minimum absolute atomic E-state index is 0.460. The molecule has 18 heavy (non-hydrogen) atoms. The minimum atomic E-state index is 0.460. The third kappa shape index (κ3) is 1.91. The van der Waals surface area contributed by atoms with Gasteiger partial charge in [-0.1, -0.05) is 20.4 Å². The van der Waals surface area contributed by atoms with E-state index in [9.17, 15) is 0 Å². The lowest BCUT2D eigenvalue weighted by Crippen LogP contribution is -2.48. The summed E-state index contributed by atoms with van der Waals surface area (Å²) in [6.45, 7) is 8.80. The zero-order valence-corrected chi connectivity index (χ0v) is 12.4. The second-order valence-electron chi connectivity index (χ2n) is 5.99. The first-order valence-corrected chi connectivity index (χ1v) is 7.07. The molecule has 0 radical (unpaired) electrons. The number of anilines is 1. The van der Waals surface area contributed by atoms with Crippen LogP contribution in [-0.4, -0.2) is 11.0 Å². The SMILES string of the molecule is C=C1C=Cc2cc(Br)cnc2N1C1CC(C)(C)C1. The van der Waals surface area contributed by atoms with Gasteiger partial charge in [-0.05, 0) is 52.4 Å². The average molecular weight is 305 g/mol. The number of rotatable bonds is 1. The van der Waals surface area contributed by atoms with Crippen LogP contribution in [0, 0.1) is 5.41 Å². The maximum atomic E-state index is 4.57. The summed E-state index contributed by atoms with van der Waals surface area (Å²) in [4.78, 5) is 6.87. The summed E-state index contributed by atoms with van der Waals surface area (Å²) < 4.78 is 1.02. The van der Waals surface area contributed by atoms with Crippen LogP contribution in [0.3, 0.4) is 0 Å². The van der Waals surface area contributed by atoms with Crippen molar-refractivity contribution in [3.05, 3.63) is 40.7 Å². The van der Waals surface area contributed by atoms with E-state index in [1.165, 1.54) is 18.4 Å². The number of hydrogen-bond donors (Lipinski definition) is 0. The molecule has 3 heteroatoms. The molecule has 2 heterocycles. The van der Waals surface area contributed by atoms with Crippen molar-refractivity contribution >= 4 is 27.8 Å². The van der Waals surface area contributed by atoms with Gasteiger partial charge in [0.05, 0.1) is 0 Å². The molecule has 2 aliphatic rings. The molecule has 0 atom stereocenters. The Labute approximate surface area is 117 Å². The van der Waals surface area contributed by atoms with E-state index in [0.29, 0.717) is 11.5 Å². The highest BCUT2D eigenvalue weighted by molar-refractivity contribution is 9.10. The molecule has 0 amide bonds. The number of aromatic nitrogens is 1. The van der Waals surface area contributed by atoms with Gasteiger partial charge in [0.15, 0.2) is 0 Å². The van der Waals surface area contributed by atoms with Crippen molar-refractivity contribution in [2.75, 3.05) is 4.90 Å². The summed E-state index contributed by atoms with van der Waals surface area (Å²) in [7, 11) is 0. The first-order valence-electron chi connectivity index (χ1n) is 6.28. The van der Waals surface area contributed by atoms with Gasteiger partial charge in [0.1, 0.15) is 5.82 Å². The van der Waals surface area contributed by atoms with Gasteiger partial charge >= 0.3 is 0 Å². The van der Waals surface area contributed by atoms with Crippen LogP contribution in [0.1, 0.15) is 32.3 Å². The van der Waals surface area contributed by atoms with Gasteiger partial charge in [0.2, 0.25) is 0 Å². The van der Waals surface area contributed by atoms with Crippen molar-refractivity contribution in [3.8, 4) is 0 Å². The molecule has 3 rings (SSSR count). The molecule has 1 aromatic heterocycles. The highest BCUT2D eigenvalue weighted by Crippen LogP contribution is 2.46. The number of halogens is 1. The van der Waals surface area contributed by atoms with E-state index in [0.717, 1.165) is 16.0 Å². The Kier molecular flexibility index (Phi) is 2.63. The van der Waals surface area contributed by atoms with Crippen LogP contribution in [0.2, 0.25) is 0 Å². The highest BCUT2D eigenvalue weighted by Gasteiger charge is 2.41. The van der Waals surface area contributed by atoms with Crippen LogP contribution in [0.5, 0.6) is 0 Å². The van der Waals surface area contributed by atoms with Crippen molar-refractivity contribution < 1.29 is 0 Å². The predicted octanol–water partition coefficient (Wildman–Crippen LogP) is 4.38. The standard InChI is InChI=1S/C15H17BrN2/c1-10-4-5-11-6-12(16)9-17-14(11)18(10)13-7-15(2,3)8-13/h4-6,9,13H,1,7-8H2,2-3H3. The average Bonchev–Trinajstić information content (AvgIpc) is 2.26. The van der Waals surface area contributed by atoms with Gasteiger partial charge in [-0.15, -0.1) is 0 Å². The van der Waals surface area contributed by atoms with Crippen LogP contribution in [0.15, 0.2) is 35.1 Å². The number of fused-ring (bicyclic) bond motifs is 1. The van der Waals surface area contributed by atoms with Gasteiger partial charge < -0.3 is 4.90 Å². The van der Waals surface area contributed by atoms with Gasteiger partial charge in [-0.3, -0.25) is 0 Å². The quantitative estimate of drug-likeness (QED) is 0.765. The molecule has 0 saturated heterocycles. The molecule has 1 fully saturated rings. The molecular formula is C15H17BrN2. The Morgan fingerprint density at radius 3 is 2.78 bits per heavy atom. The summed E-state index contributed by atoms with van der Waals surface area (Å²) in [6, 6.07) is 2.66. The van der Waals surface area contributed by atoms with Gasteiger partial charge in [0.25, 0.3) is 0 Å². The molecule has 0 N–H and O–H groups in total. The maximum Gasteiger partial charge on any atom is 0.140 e. The molecular weight excluding hydrogens is 288 g/mol. The van der Waals surface area contributed by atoms with E-state index in [-0.39, 0.29) is 0 Å². The van der Waals surface area contributed by atoms with Gasteiger partial charge in [-0.2, -0.15) is 0 Å². The summed E-state index contributed by atoms with van der Waals surface area (Å²) >= 11 is 3.47. The molecule has 0 spiro atoms. The summed E-state index contributed by atoms with van der Waals surface area (Å²) in [6.07, 6.45) is 8.45. The minimum Gasteiger partial charge on any atom is -0.323 e. The molecule has 94 valence electrons. The van der Waals surface area contributed by atoms with Crippen LogP contribution in [-0.2, 0) is 0 Å². The third-order valence-electron chi connectivity index (χ3n) is 3.80. The topological polar surface area (TPSA) is 16.1 Å². The Morgan fingerprint density at radius 2 is 2.11 bits per heavy atom. The maximum absolute atomic E-state index is 4.57. The normalized spacial score (nSPS) is 21.7. The van der Waals surface area contributed by atoms with Crippen LogP contribution in [0.25, 0.3) is 6.08 Å². The number of nitrogens with zero attached hydrogens (tertiary/aromatic N) is 2. The fourth-order valence-electron chi connectivity index (χ4n) is 2.98. The molecule has 2 nitrogen and oxygen atoms in total. The lowest BCUT2D eigenvalue weighted by molar-refractivity contribution is 0.151. The molecule has 1 aliphatic carbocycles. The first kappa shape index (κ1) is 12.0. The highest BCUT2D eigenvalue weighted by atomic mass is 79.9. The Bertz CT molecular complexity index is 537. The zero-order valence-electron chi connectivity index (χ0n) is 10.8. The summed E-state index contributed by atoms with van der Waals surface area (Å²) in [5, 5.41) is 0. The van der Waals surface area contributed by atoms with Crippen molar-refractivity contribution in [3.63, 3.8) is 0 Å². The third-order valence-corrected chi connectivity index (χ3v) is 4.23. The molecule has 0 unspecified atom stereocenters. The first-order chi connectivity index (χ1) is 8.46. The van der Waals surface area contributed by atoms with Crippen molar-refractivity contribution in [2.45, 2.75) is 32.7 Å². The van der Waals surface area contributed by atoms with E-state index in [1.54, 1.807) is 0 Å². The lowest BCUT2D eigenvalue weighted by Gasteiger charge is -2.49. The van der Waals surface area contributed by atoms with Crippen LogP contribution >= 0.6 is 15.9 Å². The van der Waals surface area contributed by atoms with E-state index in [2.05, 4.69) is 64.5 Å². The monoisotopic (exact) mass is 304 g/mol. The Balaban J connectivity index is 1.96. The van der Waals surface area contributed by atoms with E-state index >= 15 is 0 Å². The summed E-state index contributed by atoms with van der Waals surface area (Å²) in [5.74, 6) is 1.05. The molecule has 0 aromatic carbocycles. The fraction of sp³-hybridized carbons (Fsp3) is 0.400. The van der Waals surface area contributed by atoms with Crippen molar-refractivity contribution in [2.24, 2.45) is 5.41 Å². The fourth-order valence-corrected chi connectivity index (χ4v) is 3.33. The van der Waals surface area contributed by atoms with E-state index < -0.39 is 0 Å².